The molecule has 6 heteroatoms. The quantitative estimate of drug-likeness (QED) is 0.618. The molecule has 164 valence electrons. The van der Waals surface area contributed by atoms with Crippen LogP contribution in [0.5, 0.6) is 5.75 Å². The number of hydrogen-bond donors (Lipinski definition) is 1. The Kier molecular flexibility index (Phi) is 5.46. The lowest BCUT2D eigenvalue weighted by Crippen LogP contribution is -2.33. The van der Waals surface area contributed by atoms with E-state index in [0.717, 1.165) is 11.1 Å². The third kappa shape index (κ3) is 3.96. The van der Waals surface area contributed by atoms with Gasteiger partial charge in [0, 0.05) is 18.3 Å². The van der Waals surface area contributed by atoms with E-state index in [2.05, 4.69) is 27.4 Å². The molecule has 1 aromatic carbocycles. The first-order valence-corrected chi connectivity index (χ1v) is 10.5. The lowest BCUT2D eigenvalue weighted by Gasteiger charge is -2.38. The molecule has 0 aliphatic carbocycles. The summed E-state index contributed by atoms with van der Waals surface area (Å²) in [5, 5.41) is 9.46. The van der Waals surface area contributed by atoms with E-state index in [1.165, 1.54) is 12.3 Å². The molecular weight excluding hydrogens is 404 g/mol. The van der Waals surface area contributed by atoms with Gasteiger partial charge in [0.25, 0.3) is 0 Å². The number of pyridine rings is 2. The first-order chi connectivity index (χ1) is 15.2. The second-order valence-electron chi connectivity index (χ2n) is 9.09. The van der Waals surface area contributed by atoms with E-state index in [1.807, 2.05) is 41.0 Å². The van der Waals surface area contributed by atoms with Crippen molar-refractivity contribution in [1.82, 2.24) is 9.55 Å². The molecule has 0 spiro atoms. The number of rotatable bonds is 5. The van der Waals surface area contributed by atoms with Crippen molar-refractivity contribution in [2.75, 3.05) is 0 Å². The summed E-state index contributed by atoms with van der Waals surface area (Å²) < 4.78 is 7.97. The number of benzene rings is 1. The Labute approximate surface area is 186 Å². The molecular formula is C26H26N2O4. The van der Waals surface area contributed by atoms with Crippen LogP contribution in [0.25, 0.3) is 17.5 Å². The number of fused-ring (bicyclic) bond motifs is 3. The van der Waals surface area contributed by atoms with Crippen molar-refractivity contribution in [3.8, 4) is 17.1 Å². The van der Waals surface area contributed by atoms with Crippen molar-refractivity contribution < 1.29 is 14.6 Å². The highest BCUT2D eigenvalue weighted by Gasteiger charge is 2.34. The van der Waals surface area contributed by atoms with Crippen LogP contribution in [0.15, 0.2) is 60.0 Å². The number of carboxylic acid groups (broad SMARTS) is 1. The van der Waals surface area contributed by atoms with Crippen molar-refractivity contribution in [3.05, 3.63) is 87.8 Å². The Hall–Kier alpha value is -3.67. The maximum absolute atomic E-state index is 12.5. The molecule has 0 saturated heterocycles. The molecule has 1 aliphatic rings. The van der Waals surface area contributed by atoms with Gasteiger partial charge >= 0.3 is 5.97 Å². The van der Waals surface area contributed by atoms with Crippen molar-refractivity contribution >= 4 is 12.0 Å². The molecule has 0 amide bonds. The predicted molar refractivity (Wildman–Crippen MR) is 124 cm³/mol. The van der Waals surface area contributed by atoms with E-state index < -0.39 is 11.4 Å². The topological polar surface area (TPSA) is 81.4 Å². The molecule has 4 rings (SSSR count). The van der Waals surface area contributed by atoms with Gasteiger partial charge in [0.1, 0.15) is 23.6 Å². The smallest absolute Gasteiger partial charge is 0.341 e. The van der Waals surface area contributed by atoms with Gasteiger partial charge in [-0.1, -0.05) is 57.7 Å². The Morgan fingerprint density at radius 1 is 1.28 bits per heavy atom. The molecule has 6 nitrogen and oxygen atoms in total. The highest BCUT2D eigenvalue weighted by Crippen LogP contribution is 2.43. The molecule has 32 heavy (non-hydrogen) atoms. The van der Waals surface area contributed by atoms with E-state index in [4.69, 9.17) is 9.72 Å². The first kappa shape index (κ1) is 21.6. The van der Waals surface area contributed by atoms with Gasteiger partial charge < -0.3 is 14.4 Å². The fourth-order valence-electron chi connectivity index (χ4n) is 4.11. The van der Waals surface area contributed by atoms with Crippen molar-refractivity contribution in [2.24, 2.45) is 5.41 Å². The molecule has 0 fully saturated rings. The van der Waals surface area contributed by atoms with E-state index in [1.54, 1.807) is 6.08 Å². The summed E-state index contributed by atoms with van der Waals surface area (Å²) in [6.45, 7) is 10.6. The van der Waals surface area contributed by atoms with Crippen LogP contribution in [-0.4, -0.2) is 20.6 Å². The second kappa shape index (κ2) is 8.11. The summed E-state index contributed by atoms with van der Waals surface area (Å²) in [6.07, 6.45) is 3.72. The number of aromatic carboxylic acids is 1. The minimum absolute atomic E-state index is 0.0537. The van der Waals surface area contributed by atoms with Crippen LogP contribution in [0, 0.1) is 5.41 Å². The zero-order valence-corrected chi connectivity index (χ0v) is 18.5. The van der Waals surface area contributed by atoms with Crippen molar-refractivity contribution in [3.63, 3.8) is 0 Å². The lowest BCUT2D eigenvalue weighted by molar-refractivity contribution is 0.0693. The standard InChI is InChI=1S/C26H26N2O4/c1-5-19-22(32-15-16-9-7-6-8-10-16)11-17-12-23(26(2,3)4)28-14-18(25(30)31)21(29)13-20(28)24(17)27-19/h5-11,13-14,23H,1,12,15H2,2-4H3,(H,30,31). The zero-order chi connectivity index (χ0) is 23.0. The van der Waals surface area contributed by atoms with Crippen LogP contribution in [0.2, 0.25) is 0 Å². The first-order valence-electron chi connectivity index (χ1n) is 10.5. The third-order valence-corrected chi connectivity index (χ3v) is 5.83. The number of hydrogen-bond acceptors (Lipinski definition) is 4. The largest absolute Gasteiger partial charge is 0.487 e. The highest BCUT2D eigenvalue weighted by molar-refractivity contribution is 5.87. The van der Waals surface area contributed by atoms with Crippen LogP contribution in [0.4, 0.5) is 0 Å². The van der Waals surface area contributed by atoms with E-state index in [0.29, 0.717) is 35.9 Å². The third-order valence-electron chi connectivity index (χ3n) is 5.83. The monoisotopic (exact) mass is 430 g/mol. The Balaban J connectivity index is 1.84. The predicted octanol–water partition coefficient (Wildman–Crippen LogP) is 4.97. The fourth-order valence-corrected chi connectivity index (χ4v) is 4.11. The molecule has 0 radical (unpaired) electrons. The van der Waals surface area contributed by atoms with Gasteiger partial charge in [0.15, 0.2) is 5.43 Å². The lowest BCUT2D eigenvalue weighted by atomic mass is 9.79. The molecule has 3 heterocycles. The van der Waals surface area contributed by atoms with Gasteiger partial charge in [-0.2, -0.15) is 0 Å². The Morgan fingerprint density at radius 3 is 2.62 bits per heavy atom. The van der Waals surface area contributed by atoms with Gasteiger partial charge in [0.2, 0.25) is 0 Å². The van der Waals surface area contributed by atoms with Crippen LogP contribution >= 0.6 is 0 Å². The number of aromatic nitrogens is 2. The van der Waals surface area contributed by atoms with Crippen LogP contribution < -0.4 is 10.2 Å². The van der Waals surface area contributed by atoms with Crippen LogP contribution in [0.1, 0.15) is 54.0 Å². The van der Waals surface area contributed by atoms with E-state index in [-0.39, 0.29) is 17.0 Å². The highest BCUT2D eigenvalue weighted by atomic mass is 16.5. The fraction of sp³-hybridized carbons (Fsp3) is 0.269. The summed E-state index contributed by atoms with van der Waals surface area (Å²) in [5.74, 6) is -0.596. The van der Waals surface area contributed by atoms with Gasteiger partial charge in [-0.25, -0.2) is 9.78 Å². The second-order valence-corrected chi connectivity index (χ2v) is 9.09. The minimum atomic E-state index is -1.23. The summed E-state index contributed by atoms with van der Waals surface area (Å²) >= 11 is 0. The van der Waals surface area contributed by atoms with Crippen LogP contribution in [-0.2, 0) is 13.0 Å². The van der Waals surface area contributed by atoms with Gasteiger partial charge in [-0.3, -0.25) is 4.79 Å². The molecule has 1 atom stereocenters. The maximum Gasteiger partial charge on any atom is 0.341 e. The molecule has 2 aromatic heterocycles. The zero-order valence-electron chi connectivity index (χ0n) is 18.5. The molecule has 1 N–H and O–H groups in total. The summed E-state index contributed by atoms with van der Waals surface area (Å²) in [5.41, 5.74) is 2.90. The number of carboxylic acids is 1. The summed E-state index contributed by atoms with van der Waals surface area (Å²) in [4.78, 5) is 28.9. The van der Waals surface area contributed by atoms with Crippen LogP contribution in [0.3, 0.4) is 0 Å². The molecule has 1 aliphatic heterocycles. The van der Waals surface area contributed by atoms with E-state index >= 15 is 0 Å². The van der Waals surface area contributed by atoms with Gasteiger partial charge in [-0.05, 0) is 35.1 Å². The number of carbonyl (C=O) groups is 1. The summed E-state index contributed by atoms with van der Waals surface area (Å²) in [7, 11) is 0. The molecule has 1 unspecified atom stereocenters. The molecule has 0 saturated carbocycles. The Bertz CT molecular complexity index is 1250. The number of ether oxygens (including phenoxy) is 1. The molecule has 0 bridgehead atoms. The normalized spacial score (nSPS) is 14.9. The number of nitrogens with zero attached hydrogens (tertiary/aromatic N) is 2. The van der Waals surface area contributed by atoms with Gasteiger partial charge in [0.05, 0.1) is 11.4 Å². The maximum atomic E-state index is 12.5. The Morgan fingerprint density at radius 2 is 2.00 bits per heavy atom. The molecule has 3 aromatic rings. The SMILES string of the molecule is C=Cc1nc2c(cc1OCc1ccccc1)CC(C(C)(C)C)n1cc(C(=O)O)c(=O)cc1-2. The van der Waals surface area contributed by atoms with Crippen molar-refractivity contribution in [2.45, 2.75) is 39.8 Å². The van der Waals surface area contributed by atoms with Gasteiger partial charge in [-0.15, -0.1) is 0 Å². The van der Waals surface area contributed by atoms with Crippen molar-refractivity contribution in [1.29, 1.82) is 0 Å². The summed E-state index contributed by atoms with van der Waals surface area (Å²) in [6, 6.07) is 13.2. The minimum Gasteiger partial charge on any atom is -0.487 e. The van der Waals surface area contributed by atoms with E-state index in [9.17, 15) is 14.7 Å². The average Bonchev–Trinajstić information content (AvgIpc) is 2.76. The average molecular weight is 431 g/mol.